The molecule has 2 N–H and O–H groups in total. The Bertz CT molecular complexity index is 982. The quantitative estimate of drug-likeness (QED) is 0.645. The highest BCUT2D eigenvalue weighted by Crippen LogP contribution is 2.16. The van der Waals surface area contributed by atoms with Crippen LogP contribution in [0, 0.1) is 13.8 Å². The van der Waals surface area contributed by atoms with Gasteiger partial charge in [-0.25, -0.2) is 17.9 Å². The molecule has 0 saturated heterocycles. The highest BCUT2D eigenvalue weighted by Gasteiger charge is 2.27. The number of amides is 1. The Labute approximate surface area is 185 Å². The first kappa shape index (κ1) is 24.8. The fourth-order valence-corrected chi connectivity index (χ4v) is 4.18. The summed E-state index contributed by atoms with van der Waals surface area (Å²) in [4.78, 5) is 14.3. The zero-order chi connectivity index (χ0) is 23.2. The number of carbonyl (C=O) groups is 1. The minimum absolute atomic E-state index is 0.0511. The zero-order valence-electron chi connectivity index (χ0n) is 18.8. The lowest BCUT2D eigenvalue weighted by Crippen LogP contribution is -2.48. The molecule has 8 heteroatoms. The average Bonchev–Trinajstić information content (AvgIpc) is 2.65. The number of aryl methyl sites for hydroxylation is 2. The molecule has 0 aliphatic heterocycles. The molecule has 2 aromatic carbocycles. The maximum atomic E-state index is 12.8. The van der Waals surface area contributed by atoms with Crippen LogP contribution in [0.15, 0.2) is 53.4 Å². The maximum absolute atomic E-state index is 12.8. The summed E-state index contributed by atoms with van der Waals surface area (Å²) in [7, 11) is -3.86. The van der Waals surface area contributed by atoms with E-state index in [0.29, 0.717) is 0 Å². The van der Waals surface area contributed by atoms with Crippen molar-refractivity contribution in [2.75, 3.05) is 13.2 Å². The number of nitrogens with zero attached hydrogens (tertiary/aromatic N) is 1. The van der Waals surface area contributed by atoms with Gasteiger partial charge in [0.2, 0.25) is 10.0 Å². The van der Waals surface area contributed by atoms with Crippen LogP contribution in [0.1, 0.15) is 37.5 Å². The van der Waals surface area contributed by atoms with Crippen LogP contribution in [0.2, 0.25) is 0 Å². The van der Waals surface area contributed by atoms with E-state index in [0.717, 1.165) is 16.7 Å². The molecular formula is C23H32N2O5S. The van der Waals surface area contributed by atoms with Crippen molar-refractivity contribution in [3.8, 4) is 0 Å². The van der Waals surface area contributed by atoms with Gasteiger partial charge in [-0.1, -0.05) is 47.5 Å². The molecule has 0 aliphatic rings. The molecule has 0 heterocycles. The first-order valence-electron chi connectivity index (χ1n) is 10.1. The van der Waals surface area contributed by atoms with Gasteiger partial charge in [-0.3, -0.25) is 0 Å². The fraction of sp³-hybridized carbons (Fsp3) is 0.435. The standard InChI is InChI=1S/C23H32N2O5S/c1-17-9-11-21(12-10-17)31(28,29)24-20(16-26)15-25(22(27)30-23(3,4)5)14-19-8-6-7-18(2)13-19/h6-13,20,24,26H,14-16H2,1-5H3/t20-/m0/s1. The summed E-state index contributed by atoms with van der Waals surface area (Å²) in [6.45, 7) is 8.80. The topological polar surface area (TPSA) is 95.9 Å². The summed E-state index contributed by atoms with van der Waals surface area (Å²) in [6, 6.07) is 13.2. The minimum Gasteiger partial charge on any atom is -0.444 e. The van der Waals surface area contributed by atoms with E-state index in [1.807, 2.05) is 38.1 Å². The van der Waals surface area contributed by atoms with Gasteiger partial charge in [0.05, 0.1) is 17.5 Å². The normalized spacial score (nSPS) is 13.0. The molecule has 1 amide bonds. The number of ether oxygens (including phenoxy) is 1. The van der Waals surface area contributed by atoms with E-state index in [-0.39, 0.29) is 18.0 Å². The Kier molecular flexibility index (Phi) is 8.22. The Morgan fingerprint density at radius 2 is 1.74 bits per heavy atom. The number of rotatable bonds is 8. The van der Waals surface area contributed by atoms with Crippen LogP contribution in [-0.2, 0) is 21.3 Å². The lowest BCUT2D eigenvalue weighted by molar-refractivity contribution is 0.0206. The van der Waals surface area contributed by atoms with E-state index < -0.39 is 34.4 Å². The minimum atomic E-state index is -3.86. The van der Waals surface area contributed by atoms with Gasteiger partial charge in [-0.15, -0.1) is 0 Å². The largest absolute Gasteiger partial charge is 0.444 e. The van der Waals surface area contributed by atoms with Crippen LogP contribution >= 0.6 is 0 Å². The average molecular weight is 449 g/mol. The summed E-state index contributed by atoms with van der Waals surface area (Å²) in [5.41, 5.74) is 2.15. The molecule has 31 heavy (non-hydrogen) atoms. The zero-order valence-corrected chi connectivity index (χ0v) is 19.6. The number of hydrogen-bond donors (Lipinski definition) is 2. The van der Waals surface area contributed by atoms with Crippen molar-refractivity contribution in [2.45, 2.75) is 57.7 Å². The van der Waals surface area contributed by atoms with E-state index in [1.165, 1.54) is 17.0 Å². The Balaban J connectivity index is 2.23. The lowest BCUT2D eigenvalue weighted by atomic mass is 10.1. The van der Waals surface area contributed by atoms with E-state index in [4.69, 9.17) is 4.74 Å². The molecule has 0 fully saturated rings. The van der Waals surface area contributed by atoms with Gasteiger partial charge in [0.25, 0.3) is 0 Å². The second kappa shape index (κ2) is 10.3. The smallest absolute Gasteiger partial charge is 0.410 e. The third-order valence-electron chi connectivity index (χ3n) is 4.42. The summed E-state index contributed by atoms with van der Waals surface area (Å²) < 4.78 is 33.5. The summed E-state index contributed by atoms with van der Waals surface area (Å²) in [5, 5.41) is 9.85. The van der Waals surface area contributed by atoms with Crippen LogP contribution in [0.5, 0.6) is 0 Å². The molecule has 0 saturated carbocycles. The van der Waals surface area contributed by atoms with E-state index >= 15 is 0 Å². The highest BCUT2D eigenvalue weighted by molar-refractivity contribution is 7.89. The van der Waals surface area contributed by atoms with Gasteiger partial charge in [-0.05, 0) is 52.3 Å². The van der Waals surface area contributed by atoms with E-state index in [1.54, 1.807) is 32.9 Å². The van der Waals surface area contributed by atoms with Crippen LogP contribution in [0.3, 0.4) is 0 Å². The van der Waals surface area contributed by atoms with Crippen molar-refractivity contribution in [3.05, 3.63) is 65.2 Å². The second-order valence-electron chi connectivity index (χ2n) is 8.66. The summed E-state index contributed by atoms with van der Waals surface area (Å²) >= 11 is 0. The van der Waals surface area contributed by atoms with Crippen molar-refractivity contribution in [1.29, 1.82) is 0 Å². The fourth-order valence-electron chi connectivity index (χ4n) is 2.96. The van der Waals surface area contributed by atoms with Crippen molar-refractivity contribution >= 4 is 16.1 Å². The molecule has 0 spiro atoms. The third-order valence-corrected chi connectivity index (χ3v) is 5.96. The molecule has 7 nitrogen and oxygen atoms in total. The predicted molar refractivity (Wildman–Crippen MR) is 120 cm³/mol. The van der Waals surface area contributed by atoms with Gasteiger partial charge < -0.3 is 14.7 Å². The van der Waals surface area contributed by atoms with Gasteiger partial charge in [0.1, 0.15) is 5.60 Å². The molecule has 2 aromatic rings. The Morgan fingerprint density at radius 1 is 1.10 bits per heavy atom. The van der Waals surface area contributed by atoms with Gasteiger partial charge >= 0.3 is 6.09 Å². The van der Waals surface area contributed by atoms with Crippen LogP contribution in [-0.4, -0.2) is 49.3 Å². The Hall–Kier alpha value is -2.42. The van der Waals surface area contributed by atoms with Gasteiger partial charge in [0.15, 0.2) is 0 Å². The van der Waals surface area contributed by atoms with Crippen LogP contribution in [0.4, 0.5) is 4.79 Å². The van der Waals surface area contributed by atoms with Crippen molar-refractivity contribution in [1.82, 2.24) is 9.62 Å². The van der Waals surface area contributed by atoms with Gasteiger partial charge in [0, 0.05) is 13.1 Å². The number of nitrogens with one attached hydrogen (secondary N) is 1. The SMILES string of the molecule is Cc1ccc(S(=O)(=O)N[C@H](CO)CN(Cc2cccc(C)c2)C(=O)OC(C)(C)C)cc1. The predicted octanol–water partition coefficient (Wildman–Crippen LogP) is 3.38. The lowest BCUT2D eigenvalue weighted by Gasteiger charge is -2.30. The van der Waals surface area contributed by atoms with E-state index in [2.05, 4.69) is 4.72 Å². The summed E-state index contributed by atoms with van der Waals surface area (Å²) in [6.07, 6.45) is -0.581. The molecule has 0 aromatic heterocycles. The molecule has 2 rings (SSSR count). The molecule has 0 bridgehead atoms. The first-order chi connectivity index (χ1) is 14.4. The number of hydrogen-bond acceptors (Lipinski definition) is 5. The molecule has 170 valence electrons. The van der Waals surface area contributed by atoms with Gasteiger partial charge in [-0.2, -0.15) is 0 Å². The monoisotopic (exact) mass is 448 g/mol. The molecule has 1 atom stereocenters. The van der Waals surface area contributed by atoms with Crippen molar-refractivity contribution in [2.24, 2.45) is 0 Å². The third kappa shape index (κ3) is 7.97. The number of aliphatic hydroxyl groups is 1. The van der Waals surface area contributed by atoms with E-state index in [9.17, 15) is 18.3 Å². The number of benzene rings is 2. The molecule has 0 unspecified atom stereocenters. The highest BCUT2D eigenvalue weighted by atomic mass is 32.2. The second-order valence-corrected chi connectivity index (χ2v) is 10.4. The van der Waals surface area contributed by atoms with Crippen molar-refractivity contribution in [3.63, 3.8) is 0 Å². The maximum Gasteiger partial charge on any atom is 0.410 e. The molecular weight excluding hydrogens is 416 g/mol. The Morgan fingerprint density at radius 3 is 2.29 bits per heavy atom. The first-order valence-corrected chi connectivity index (χ1v) is 11.6. The summed E-state index contributed by atoms with van der Waals surface area (Å²) in [5.74, 6) is 0. The number of aliphatic hydroxyl groups excluding tert-OH is 1. The molecule has 0 aliphatic carbocycles. The number of carbonyl (C=O) groups excluding carboxylic acids is 1. The molecule has 0 radical (unpaired) electrons. The van der Waals surface area contributed by atoms with Crippen molar-refractivity contribution < 1.29 is 23.1 Å². The van der Waals surface area contributed by atoms with Crippen LogP contribution < -0.4 is 4.72 Å². The number of sulfonamides is 1. The van der Waals surface area contributed by atoms with Crippen LogP contribution in [0.25, 0.3) is 0 Å².